The van der Waals surface area contributed by atoms with Gasteiger partial charge in [-0.3, -0.25) is 0 Å². The summed E-state index contributed by atoms with van der Waals surface area (Å²) >= 11 is 8.84. The first-order valence-electron chi connectivity index (χ1n) is 2.62. The topological polar surface area (TPSA) is 0 Å². The SMILES string of the molecule is [2H]c1ccc(Cl)c(Br)c1. The highest BCUT2D eigenvalue weighted by Gasteiger charge is 1.88. The van der Waals surface area contributed by atoms with Crippen molar-refractivity contribution < 1.29 is 1.37 Å². The fourth-order valence-corrected chi connectivity index (χ4v) is 0.773. The van der Waals surface area contributed by atoms with Gasteiger partial charge in [0, 0.05) is 4.47 Å². The van der Waals surface area contributed by atoms with E-state index in [-0.39, 0.29) is 0 Å². The van der Waals surface area contributed by atoms with Crippen LogP contribution in [-0.4, -0.2) is 0 Å². The van der Waals surface area contributed by atoms with Gasteiger partial charge in [-0.05, 0) is 28.1 Å². The van der Waals surface area contributed by atoms with E-state index in [1.807, 2.05) is 0 Å². The van der Waals surface area contributed by atoms with E-state index in [0.717, 1.165) is 4.47 Å². The largest absolute Gasteiger partial charge is 0.0831 e. The second-order valence-corrected chi connectivity index (χ2v) is 2.60. The van der Waals surface area contributed by atoms with Gasteiger partial charge in [0.15, 0.2) is 0 Å². The van der Waals surface area contributed by atoms with Crippen LogP contribution in [0.1, 0.15) is 1.37 Å². The molecule has 0 amide bonds. The molecular weight excluding hydrogens is 187 g/mol. The Bertz CT molecular complexity index is 224. The molecule has 0 fully saturated rings. The minimum absolute atomic E-state index is 0.464. The van der Waals surface area contributed by atoms with Crippen LogP contribution in [0, 0.1) is 0 Å². The molecule has 0 radical (unpaired) electrons. The van der Waals surface area contributed by atoms with Gasteiger partial charge in [0.25, 0.3) is 0 Å². The van der Waals surface area contributed by atoms with Gasteiger partial charge in [0.2, 0.25) is 0 Å². The summed E-state index contributed by atoms with van der Waals surface area (Å²) in [6, 6.07) is 5.45. The molecule has 0 aliphatic heterocycles. The first-order valence-corrected chi connectivity index (χ1v) is 3.29. The Morgan fingerprint density at radius 2 is 2.38 bits per heavy atom. The van der Waals surface area contributed by atoms with Crippen LogP contribution in [0.25, 0.3) is 0 Å². The number of hydrogen-bond acceptors (Lipinski definition) is 0. The lowest BCUT2D eigenvalue weighted by atomic mass is 10.4. The van der Waals surface area contributed by atoms with Gasteiger partial charge in [0.1, 0.15) is 0 Å². The van der Waals surface area contributed by atoms with Crippen molar-refractivity contribution in [1.82, 2.24) is 0 Å². The summed E-state index contributed by atoms with van der Waals surface area (Å²) in [5.74, 6) is 0. The van der Waals surface area contributed by atoms with Crippen LogP contribution in [0.3, 0.4) is 0 Å². The molecule has 0 aliphatic carbocycles. The Morgan fingerprint density at radius 3 is 2.88 bits per heavy atom. The highest BCUT2D eigenvalue weighted by molar-refractivity contribution is 9.10. The van der Waals surface area contributed by atoms with Crippen LogP contribution >= 0.6 is 27.5 Å². The Labute approximate surface area is 63.0 Å². The van der Waals surface area contributed by atoms with Crippen molar-refractivity contribution in [2.24, 2.45) is 0 Å². The fraction of sp³-hybridized carbons (Fsp3) is 0. The van der Waals surface area contributed by atoms with Crippen molar-refractivity contribution in [3.05, 3.63) is 33.7 Å². The van der Waals surface area contributed by atoms with Gasteiger partial charge in [-0.2, -0.15) is 0 Å². The minimum atomic E-state index is 0.464. The van der Waals surface area contributed by atoms with Crippen molar-refractivity contribution in [2.45, 2.75) is 0 Å². The first-order chi connectivity index (χ1) is 4.20. The van der Waals surface area contributed by atoms with E-state index in [1.54, 1.807) is 18.2 Å². The lowest BCUT2D eigenvalue weighted by Crippen LogP contribution is -1.62. The average Bonchev–Trinajstić information content (AvgIpc) is 1.80. The fourth-order valence-electron chi connectivity index (χ4n) is 0.391. The summed E-state index contributed by atoms with van der Waals surface area (Å²) in [7, 11) is 0. The first kappa shape index (κ1) is 4.83. The molecule has 0 aliphatic rings. The lowest BCUT2D eigenvalue weighted by Gasteiger charge is -1.88. The number of hydrogen-bond donors (Lipinski definition) is 0. The van der Waals surface area contributed by atoms with Crippen molar-refractivity contribution in [2.75, 3.05) is 0 Å². The van der Waals surface area contributed by atoms with E-state index in [1.165, 1.54) is 0 Å². The highest BCUT2D eigenvalue weighted by atomic mass is 79.9. The molecule has 0 N–H and O–H groups in total. The van der Waals surface area contributed by atoms with Crippen molar-refractivity contribution in [3.8, 4) is 0 Å². The van der Waals surface area contributed by atoms with E-state index in [9.17, 15) is 0 Å². The predicted octanol–water partition coefficient (Wildman–Crippen LogP) is 3.10. The molecule has 0 bridgehead atoms. The number of benzene rings is 1. The normalized spacial score (nSPS) is 11.0. The highest BCUT2D eigenvalue weighted by Crippen LogP contribution is 2.20. The molecule has 0 unspecified atom stereocenters. The Morgan fingerprint density at radius 1 is 1.62 bits per heavy atom. The van der Waals surface area contributed by atoms with Crippen LogP contribution in [-0.2, 0) is 0 Å². The molecule has 0 saturated heterocycles. The number of halogens is 2. The van der Waals surface area contributed by atoms with E-state index >= 15 is 0 Å². The molecule has 1 rings (SSSR count). The zero-order chi connectivity index (χ0) is 6.85. The standard InChI is InChI=1S/C6H4BrCl/c7-5-3-1-2-4-6(5)8/h1-4H/i1D. The average molecular weight is 192 g/mol. The monoisotopic (exact) mass is 191 g/mol. The Balaban J connectivity index is 3.17. The van der Waals surface area contributed by atoms with Crippen LogP contribution < -0.4 is 0 Å². The summed E-state index contributed by atoms with van der Waals surface area (Å²) in [5.41, 5.74) is 0. The van der Waals surface area contributed by atoms with E-state index in [0.29, 0.717) is 11.1 Å². The molecule has 8 heavy (non-hydrogen) atoms. The smallest absolute Gasteiger partial charge is 0.0623 e. The molecule has 2 heteroatoms. The van der Waals surface area contributed by atoms with Crippen LogP contribution in [0.2, 0.25) is 5.02 Å². The maximum absolute atomic E-state index is 7.14. The lowest BCUT2D eigenvalue weighted by molar-refractivity contribution is 1.65. The third-order valence-electron chi connectivity index (χ3n) is 0.764. The Hall–Kier alpha value is -0.0100. The predicted molar refractivity (Wildman–Crippen MR) is 39.2 cm³/mol. The Kier molecular flexibility index (Phi) is 1.52. The molecule has 0 heterocycles. The van der Waals surface area contributed by atoms with Crippen molar-refractivity contribution >= 4 is 27.5 Å². The zero-order valence-corrected chi connectivity index (χ0v) is 6.33. The minimum Gasteiger partial charge on any atom is -0.0831 e. The van der Waals surface area contributed by atoms with Gasteiger partial charge >= 0.3 is 0 Å². The molecule has 0 spiro atoms. The quantitative estimate of drug-likeness (QED) is 0.592. The summed E-state index contributed by atoms with van der Waals surface area (Å²) < 4.78 is 7.92. The third kappa shape index (κ3) is 1.23. The van der Waals surface area contributed by atoms with Gasteiger partial charge in [-0.15, -0.1) is 0 Å². The van der Waals surface area contributed by atoms with Crippen molar-refractivity contribution in [1.29, 1.82) is 0 Å². The van der Waals surface area contributed by atoms with Crippen LogP contribution in [0.15, 0.2) is 28.7 Å². The third-order valence-corrected chi connectivity index (χ3v) is 1.98. The van der Waals surface area contributed by atoms with Crippen molar-refractivity contribution in [3.63, 3.8) is 0 Å². The number of rotatable bonds is 0. The summed E-state index contributed by atoms with van der Waals surface area (Å²) in [6.45, 7) is 0. The second kappa shape index (κ2) is 2.51. The molecule has 0 atom stereocenters. The second-order valence-electron chi connectivity index (χ2n) is 1.34. The van der Waals surface area contributed by atoms with Gasteiger partial charge in [-0.25, -0.2) is 0 Å². The summed E-state index contributed by atoms with van der Waals surface area (Å²) in [6.07, 6.45) is 0. The molecule has 0 aromatic heterocycles. The van der Waals surface area contributed by atoms with Gasteiger partial charge < -0.3 is 0 Å². The molecule has 0 saturated carbocycles. The van der Waals surface area contributed by atoms with Crippen LogP contribution in [0.4, 0.5) is 0 Å². The van der Waals surface area contributed by atoms with E-state index < -0.39 is 0 Å². The maximum atomic E-state index is 7.14. The van der Waals surface area contributed by atoms with Gasteiger partial charge in [0.05, 0.1) is 6.39 Å². The summed E-state index contributed by atoms with van der Waals surface area (Å²) in [5, 5.41) is 0.644. The molecule has 1 aromatic rings. The van der Waals surface area contributed by atoms with Gasteiger partial charge in [-0.1, -0.05) is 23.7 Å². The maximum Gasteiger partial charge on any atom is 0.0623 e. The molecule has 0 nitrogen and oxygen atoms in total. The van der Waals surface area contributed by atoms with Crippen LogP contribution in [0.5, 0.6) is 0 Å². The molecular formula is C6H4BrCl. The van der Waals surface area contributed by atoms with E-state index in [2.05, 4.69) is 15.9 Å². The van der Waals surface area contributed by atoms with E-state index in [4.69, 9.17) is 13.0 Å². The summed E-state index contributed by atoms with van der Waals surface area (Å²) in [4.78, 5) is 0. The molecule has 42 valence electrons. The zero-order valence-electron chi connectivity index (χ0n) is 4.99. The molecule has 1 aromatic carbocycles.